The molecule has 2 aliphatic heterocycles. The summed E-state index contributed by atoms with van der Waals surface area (Å²) >= 11 is 0. The van der Waals surface area contributed by atoms with Gasteiger partial charge < -0.3 is 29.4 Å². The number of aromatic nitrogens is 1. The van der Waals surface area contributed by atoms with Gasteiger partial charge in [-0.2, -0.15) is 13.2 Å². The summed E-state index contributed by atoms with van der Waals surface area (Å²) in [6.45, 7) is 4.97. The molecule has 0 radical (unpaired) electrons. The number of hydrogen-bond acceptors (Lipinski definition) is 7. The van der Waals surface area contributed by atoms with Gasteiger partial charge in [-0.05, 0) is 37.7 Å². The van der Waals surface area contributed by atoms with Crippen molar-refractivity contribution >= 4 is 17.8 Å². The third-order valence-corrected chi connectivity index (χ3v) is 5.69. The molecule has 1 aromatic carbocycles. The Labute approximate surface area is 209 Å². The van der Waals surface area contributed by atoms with Crippen molar-refractivity contribution in [3.8, 4) is 0 Å². The smallest absolute Gasteiger partial charge is 0.475 e. The normalized spacial score (nSPS) is 17.9. The second kappa shape index (κ2) is 11.7. The average Bonchev–Trinajstić information content (AvgIpc) is 3.27. The lowest BCUT2D eigenvalue weighted by Crippen LogP contribution is -2.46. The molecule has 0 bridgehead atoms. The minimum absolute atomic E-state index is 0.00362. The monoisotopic (exact) mass is 530 g/mol. The van der Waals surface area contributed by atoms with Gasteiger partial charge in [-0.15, -0.1) is 0 Å². The summed E-state index contributed by atoms with van der Waals surface area (Å²) in [6, 6.07) is 4.32. The van der Waals surface area contributed by atoms with Gasteiger partial charge in [0.2, 0.25) is 0 Å². The van der Waals surface area contributed by atoms with Gasteiger partial charge in [0.25, 0.3) is 11.8 Å². The third-order valence-electron chi connectivity index (χ3n) is 5.69. The van der Waals surface area contributed by atoms with Gasteiger partial charge in [0.15, 0.2) is 0 Å². The Morgan fingerprint density at radius 3 is 2.57 bits per heavy atom. The minimum Gasteiger partial charge on any atom is -0.475 e. The van der Waals surface area contributed by atoms with E-state index in [9.17, 15) is 27.2 Å². The molecule has 10 nitrogen and oxygen atoms in total. The SMILES string of the molecule is Cc1cc(C(=O)N2CCc3oc(C(=O)NCC4CN(C)CCO4)nc3C2)ccc1F.O=C(O)C(F)(F)F. The molecule has 2 aromatic rings. The number of aryl methyl sites for hydroxylation is 1. The van der Waals surface area contributed by atoms with Crippen molar-refractivity contribution in [2.75, 3.05) is 39.8 Å². The van der Waals surface area contributed by atoms with Gasteiger partial charge in [0, 0.05) is 38.2 Å². The summed E-state index contributed by atoms with van der Waals surface area (Å²) < 4.78 is 56.5. The average molecular weight is 530 g/mol. The number of likely N-dealkylation sites (N-methyl/N-ethyl adjacent to an activating group) is 1. The minimum atomic E-state index is -5.08. The molecule has 1 saturated heterocycles. The molecule has 1 aromatic heterocycles. The Bertz CT molecular complexity index is 1150. The molecule has 14 heteroatoms. The van der Waals surface area contributed by atoms with Gasteiger partial charge in [-0.3, -0.25) is 9.59 Å². The van der Waals surface area contributed by atoms with Gasteiger partial charge in [0.05, 0.1) is 19.3 Å². The van der Waals surface area contributed by atoms with Crippen LogP contribution in [0.4, 0.5) is 17.6 Å². The zero-order chi connectivity index (χ0) is 27.3. The van der Waals surface area contributed by atoms with Crippen LogP contribution in [0, 0.1) is 12.7 Å². The number of halogens is 4. The molecule has 3 heterocycles. The molecule has 2 amide bonds. The molecule has 1 fully saturated rings. The van der Waals surface area contributed by atoms with E-state index in [-0.39, 0.29) is 30.3 Å². The van der Waals surface area contributed by atoms with E-state index in [4.69, 9.17) is 19.1 Å². The quantitative estimate of drug-likeness (QED) is 0.576. The Morgan fingerprint density at radius 2 is 1.95 bits per heavy atom. The molecule has 2 aliphatic rings. The van der Waals surface area contributed by atoms with E-state index in [0.29, 0.717) is 48.7 Å². The predicted octanol–water partition coefficient (Wildman–Crippen LogP) is 2.01. The van der Waals surface area contributed by atoms with Crippen LogP contribution in [0.5, 0.6) is 0 Å². The molecule has 2 N–H and O–H groups in total. The molecule has 0 spiro atoms. The largest absolute Gasteiger partial charge is 0.490 e. The van der Waals surface area contributed by atoms with Crippen molar-refractivity contribution in [1.29, 1.82) is 0 Å². The number of rotatable bonds is 4. The Balaban J connectivity index is 0.000000479. The fourth-order valence-electron chi connectivity index (χ4n) is 3.70. The Morgan fingerprint density at radius 1 is 1.24 bits per heavy atom. The first-order valence-electron chi connectivity index (χ1n) is 11.3. The molecule has 0 saturated carbocycles. The van der Waals surface area contributed by atoms with Crippen molar-refractivity contribution in [1.82, 2.24) is 20.1 Å². The fraction of sp³-hybridized carbons (Fsp3) is 0.478. The maximum absolute atomic E-state index is 13.5. The number of nitrogens with one attached hydrogen (secondary N) is 1. The van der Waals surface area contributed by atoms with E-state index in [1.807, 2.05) is 7.05 Å². The molecule has 1 unspecified atom stereocenters. The lowest BCUT2D eigenvalue weighted by atomic mass is 10.1. The number of oxazole rings is 1. The molecule has 4 rings (SSSR count). The van der Waals surface area contributed by atoms with Crippen LogP contribution >= 0.6 is 0 Å². The Kier molecular flexibility index (Phi) is 8.86. The van der Waals surface area contributed by atoms with E-state index in [1.165, 1.54) is 12.1 Å². The molecule has 0 aliphatic carbocycles. The zero-order valence-electron chi connectivity index (χ0n) is 20.1. The van der Waals surface area contributed by atoms with E-state index in [1.54, 1.807) is 17.9 Å². The Hall–Kier alpha value is -3.52. The van der Waals surface area contributed by atoms with E-state index in [2.05, 4.69) is 15.2 Å². The number of carbonyl (C=O) groups excluding carboxylic acids is 2. The number of aliphatic carboxylic acids is 1. The highest BCUT2D eigenvalue weighted by molar-refractivity contribution is 5.94. The first kappa shape index (κ1) is 28.1. The number of nitrogens with zero attached hydrogens (tertiary/aromatic N) is 3. The highest BCUT2D eigenvalue weighted by Gasteiger charge is 2.38. The number of alkyl halides is 3. The molecule has 202 valence electrons. The van der Waals surface area contributed by atoms with Crippen molar-refractivity contribution in [2.24, 2.45) is 0 Å². The molecule has 1 atom stereocenters. The standard InChI is InChI=1S/C21H25FN4O4.C2HF3O2/c1-13-9-14(3-4-16(13)22)21(28)26-6-5-18-17(12-26)24-20(30-18)19(27)23-10-15-11-25(2)7-8-29-15;3-2(4,5)1(6)7/h3-4,9,15H,5-8,10-12H2,1-2H3,(H,23,27);(H,6,7). The molecular formula is C23H26F4N4O6. The number of carboxylic acid groups (broad SMARTS) is 1. The summed E-state index contributed by atoms with van der Waals surface area (Å²) in [5.41, 5.74) is 1.43. The third kappa shape index (κ3) is 7.49. The highest BCUT2D eigenvalue weighted by atomic mass is 19.4. The second-order valence-electron chi connectivity index (χ2n) is 8.60. The maximum atomic E-state index is 13.5. The van der Waals surface area contributed by atoms with E-state index in [0.717, 1.165) is 13.1 Å². The number of carboxylic acids is 1. The number of carbonyl (C=O) groups is 3. The summed E-state index contributed by atoms with van der Waals surface area (Å²) in [6.07, 6.45) is -4.68. The van der Waals surface area contributed by atoms with Crippen molar-refractivity contribution in [2.45, 2.75) is 32.2 Å². The van der Waals surface area contributed by atoms with Crippen LogP contribution < -0.4 is 5.32 Å². The van der Waals surface area contributed by atoms with Crippen LogP contribution in [0.1, 0.15) is 38.1 Å². The number of fused-ring (bicyclic) bond motifs is 1. The number of morpholine rings is 1. The predicted molar refractivity (Wildman–Crippen MR) is 119 cm³/mol. The molecule has 37 heavy (non-hydrogen) atoms. The van der Waals surface area contributed by atoms with Crippen molar-refractivity contribution < 1.29 is 46.2 Å². The summed E-state index contributed by atoms with van der Waals surface area (Å²) in [5.74, 6) is -3.08. The summed E-state index contributed by atoms with van der Waals surface area (Å²) in [4.78, 5) is 42.2. The maximum Gasteiger partial charge on any atom is 0.490 e. The number of amides is 2. The van der Waals surface area contributed by atoms with Gasteiger partial charge in [0.1, 0.15) is 17.3 Å². The first-order chi connectivity index (χ1) is 17.3. The number of ether oxygens (including phenoxy) is 1. The number of benzene rings is 1. The van der Waals surface area contributed by atoms with Crippen LogP contribution in [0.15, 0.2) is 22.6 Å². The zero-order valence-corrected chi connectivity index (χ0v) is 20.1. The van der Waals surface area contributed by atoms with E-state index >= 15 is 0 Å². The lowest BCUT2D eigenvalue weighted by molar-refractivity contribution is -0.192. The number of hydrogen-bond donors (Lipinski definition) is 2. The highest BCUT2D eigenvalue weighted by Crippen LogP contribution is 2.22. The second-order valence-corrected chi connectivity index (χ2v) is 8.60. The van der Waals surface area contributed by atoms with Gasteiger partial charge in [-0.1, -0.05) is 0 Å². The van der Waals surface area contributed by atoms with Crippen LogP contribution in [0.25, 0.3) is 0 Å². The van der Waals surface area contributed by atoms with E-state index < -0.39 is 18.1 Å². The summed E-state index contributed by atoms with van der Waals surface area (Å²) in [5, 5.41) is 9.93. The van der Waals surface area contributed by atoms with Crippen LogP contribution in [0.2, 0.25) is 0 Å². The molecular weight excluding hydrogens is 504 g/mol. The van der Waals surface area contributed by atoms with Crippen molar-refractivity contribution in [3.63, 3.8) is 0 Å². The van der Waals surface area contributed by atoms with Crippen LogP contribution in [0.3, 0.4) is 0 Å². The van der Waals surface area contributed by atoms with Gasteiger partial charge in [-0.25, -0.2) is 14.2 Å². The first-order valence-corrected chi connectivity index (χ1v) is 11.3. The van der Waals surface area contributed by atoms with Crippen LogP contribution in [-0.4, -0.2) is 89.8 Å². The van der Waals surface area contributed by atoms with Crippen molar-refractivity contribution in [3.05, 3.63) is 52.5 Å². The van der Waals surface area contributed by atoms with Crippen LogP contribution in [-0.2, 0) is 22.5 Å². The fourth-order valence-corrected chi connectivity index (χ4v) is 3.70. The topological polar surface area (TPSA) is 125 Å². The lowest BCUT2D eigenvalue weighted by Gasteiger charge is -2.29. The van der Waals surface area contributed by atoms with Gasteiger partial charge >= 0.3 is 18.1 Å². The summed E-state index contributed by atoms with van der Waals surface area (Å²) in [7, 11) is 2.01.